The molecule has 1 saturated heterocycles. The molecule has 0 spiro atoms. The van der Waals surface area contributed by atoms with Crippen LogP contribution in [0.3, 0.4) is 0 Å². The number of carbonyl (C=O) groups excluding carboxylic acids is 1. The molecule has 18 heavy (non-hydrogen) atoms. The van der Waals surface area contributed by atoms with Gasteiger partial charge < -0.3 is 15.5 Å². The van der Waals surface area contributed by atoms with Crippen LogP contribution in [0.4, 0.5) is 5.13 Å². The van der Waals surface area contributed by atoms with Crippen molar-refractivity contribution in [1.29, 1.82) is 0 Å². The van der Waals surface area contributed by atoms with Crippen LogP contribution in [0.2, 0.25) is 0 Å². The van der Waals surface area contributed by atoms with Gasteiger partial charge in [-0.1, -0.05) is 0 Å². The monoisotopic (exact) mass is 268 g/mol. The van der Waals surface area contributed by atoms with E-state index < -0.39 is 5.54 Å². The van der Waals surface area contributed by atoms with Crippen molar-refractivity contribution < 1.29 is 4.79 Å². The van der Waals surface area contributed by atoms with Crippen LogP contribution in [-0.4, -0.2) is 47.5 Å². The molecule has 0 bridgehead atoms. The number of rotatable bonds is 2. The van der Waals surface area contributed by atoms with Gasteiger partial charge in [-0.2, -0.15) is 0 Å². The van der Waals surface area contributed by atoms with Crippen LogP contribution in [-0.2, 0) is 4.79 Å². The Labute approximate surface area is 112 Å². The van der Waals surface area contributed by atoms with E-state index in [0.29, 0.717) is 0 Å². The predicted molar refractivity (Wildman–Crippen MR) is 73.9 cm³/mol. The lowest BCUT2D eigenvalue weighted by atomic mass is 10.1. The molecule has 0 unspecified atom stereocenters. The zero-order chi connectivity index (χ0) is 13.3. The summed E-state index contributed by atoms with van der Waals surface area (Å²) < 4.78 is 0. The van der Waals surface area contributed by atoms with Gasteiger partial charge in [-0.15, -0.1) is 11.3 Å². The second-order valence-corrected chi connectivity index (χ2v) is 6.11. The number of hydrogen-bond acceptors (Lipinski definition) is 5. The summed E-state index contributed by atoms with van der Waals surface area (Å²) in [5.74, 6) is 0.0254. The lowest BCUT2D eigenvalue weighted by molar-refractivity contribution is -0.136. The molecule has 0 atom stereocenters. The number of aromatic nitrogens is 1. The summed E-state index contributed by atoms with van der Waals surface area (Å²) in [6.07, 6.45) is 0. The van der Waals surface area contributed by atoms with Crippen molar-refractivity contribution in [2.24, 2.45) is 5.73 Å². The minimum Gasteiger partial charge on any atom is -0.345 e. The summed E-state index contributed by atoms with van der Waals surface area (Å²) in [5.41, 5.74) is 6.12. The van der Waals surface area contributed by atoms with Gasteiger partial charge in [0.1, 0.15) is 0 Å². The van der Waals surface area contributed by atoms with Crippen LogP contribution < -0.4 is 10.6 Å². The highest BCUT2D eigenvalue weighted by atomic mass is 32.1. The topological polar surface area (TPSA) is 62.5 Å². The SMILES string of the molecule is Cc1csc(N2CCN(C(=O)C(C)(C)N)CC2)n1. The molecular weight excluding hydrogens is 248 g/mol. The molecule has 1 aliphatic heterocycles. The maximum Gasteiger partial charge on any atom is 0.242 e. The molecule has 0 radical (unpaired) electrons. The Kier molecular flexibility index (Phi) is 3.59. The van der Waals surface area contributed by atoms with E-state index >= 15 is 0 Å². The van der Waals surface area contributed by atoms with Crippen LogP contribution in [0.25, 0.3) is 0 Å². The van der Waals surface area contributed by atoms with E-state index in [0.717, 1.165) is 37.0 Å². The van der Waals surface area contributed by atoms with E-state index in [1.54, 1.807) is 25.2 Å². The van der Waals surface area contributed by atoms with Gasteiger partial charge >= 0.3 is 0 Å². The molecule has 2 N–H and O–H groups in total. The van der Waals surface area contributed by atoms with Gasteiger partial charge in [0.25, 0.3) is 0 Å². The molecule has 5 nitrogen and oxygen atoms in total. The van der Waals surface area contributed by atoms with Crippen LogP contribution in [0, 0.1) is 6.92 Å². The fraction of sp³-hybridized carbons (Fsp3) is 0.667. The standard InChI is InChI=1S/C12H20N4OS/c1-9-8-18-11(14-9)16-6-4-15(5-7-16)10(17)12(2,3)13/h8H,4-7,13H2,1-3H3. The second kappa shape index (κ2) is 4.85. The maximum absolute atomic E-state index is 12.0. The molecule has 1 aromatic rings. The van der Waals surface area contributed by atoms with Gasteiger partial charge in [-0.25, -0.2) is 4.98 Å². The molecule has 1 aromatic heterocycles. The number of carbonyl (C=O) groups is 1. The summed E-state index contributed by atoms with van der Waals surface area (Å²) in [5, 5.41) is 3.10. The van der Waals surface area contributed by atoms with E-state index in [-0.39, 0.29) is 5.91 Å². The van der Waals surface area contributed by atoms with Gasteiger partial charge in [0, 0.05) is 31.6 Å². The van der Waals surface area contributed by atoms with Gasteiger partial charge in [-0.3, -0.25) is 4.79 Å². The predicted octanol–water partition coefficient (Wildman–Crippen LogP) is 0.837. The van der Waals surface area contributed by atoms with Gasteiger partial charge in [-0.05, 0) is 20.8 Å². The second-order valence-electron chi connectivity index (χ2n) is 5.27. The Morgan fingerprint density at radius 1 is 1.39 bits per heavy atom. The van der Waals surface area contributed by atoms with Crippen molar-refractivity contribution in [2.45, 2.75) is 26.3 Å². The Morgan fingerprint density at radius 3 is 2.44 bits per heavy atom. The molecular formula is C12H20N4OS. The van der Waals surface area contributed by atoms with Crippen LogP contribution >= 0.6 is 11.3 Å². The first-order valence-corrected chi connectivity index (χ1v) is 7.01. The Balaban J connectivity index is 1.94. The molecule has 2 rings (SSSR count). The van der Waals surface area contributed by atoms with Crippen molar-refractivity contribution in [3.63, 3.8) is 0 Å². The summed E-state index contributed by atoms with van der Waals surface area (Å²) in [7, 11) is 0. The average molecular weight is 268 g/mol. The molecule has 1 amide bonds. The number of thiazole rings is 1. The fourth-order valence-corrected chi connectivity index (χ4v) is 2.85. The zero-order valence-electron chi connectivity index (χ0n) is 11.1. The van der Waals surface area contributed by atoms with Crippen molar-refractivity contribution in [1.82, 2.24) is 9.88 Å². The minimum atomic E-state index is -0.778. The van der Waals surface area contributed by atoms with E-state index in [1.165, 1.54) is 0 Å². The van der Waals surface area contributed by atoms with Crippen molar-refractivity contribution in [2.75, 3.05) is 31.1 Å². The lowest BCUT2D eigenvalue weighted by Gasteiger charge is -2.37. The molecule has 0 aromatic carbocycles. The number of hydrogen-bond donors (Lipinski definition) is 1. The van der Waals surface area contributed by atoms with E-state index in [1.807, 2.05) is 11.8 Å². The van der Waals surface area contributed by atoms with Crippen molar-refractivity contribution in [3.05, 3.63) is 11.1 Å². The number of amides is 1. The van der Waals surface area contributed by atoms with Crippen molar-refractivity contribution >= 4 is 22.4 Å². The maximum atomic E-state index is 12.0. The van der Waals surface area contributed by atoms with Crippen LogP contribution in [0.5, 0.6) is 0 Å². The number of piperazine rings is 1. The largest absolute Gasteiger partial charge is 0.345 e. The van der Waals surface area contributed by atoms with Gasteiger partial charge in [0.15, 0.2) is 5.13 Å². The first-order valence-electron chi connectivity index (χ1n) is 6.13. The highest BCUT2D eigenvalue weighted by molar-refractivity contribution is 7.13. The summed E-state index contributed by atoms with van der Waals surface area (Å²) in [6, 6.07) is 0. The summed E-state index contributed by atoms with van der Waals surface area (Å²) in [6.45, 7) is 8.61. The Hall–Kier alpha value is -1.14. The molecule has 1 aliphatic rings. The number of aryl methyl sites for hydroxylation is 1. The smallest absolute Gasteiger partial charge is 0.242 e. The third-order valence-electron chi connectivity index (χ3n) is 3.00. The molecule has 0 saturated carbocycles. The third-order valence-corrected chi connectivity index (χ3v) is 4.01. The number of nitrogens with zero attached hydrogens (tertiary/aromatic N) is 3. The van der Waals surface area contributed by atoms with Crippen LogP contribution in [0.15, 0.2) is 5.38 Å². The van der Waals surface area contributed by atoms with E-state index in [4.69, 9.17) is 5.73 Å². The molecule has 0 aliphatic carbocycles. The summed E-state index contributed by atoms with van der Waals surface area (Å²) >= 11 is 1.66. The molecule has 1 fully saturated rings. The molecule has 6 heteroatoms. The van der Waals surface area contributed by atoms with Gasteiger partial charge in [0.05, 0.1) is 11.2 Å². The molecule has 2 heterocycles. The number of nitrogens with two attached hydrogens (primary N) is 1. The summed E-state index contributed by atoms with van der Waals surface area (Å²) in [4.78, 5) is 20.6. The Morgan fingerprint density at radius 2 is 2.00 bits per heavy atom. The average Bonchev–Trinajstić information content (AvgIpc) is 2.74. The third kappa shape index (κ3) is 2.81. The Bertz CT molecular complexity index is 430. The highest BCUT2D eigenvalue weighted by Crippen LogP contribution is 2.21. The lowest BCUT2D eigenvalue weighted by Crippen LogP contribution is -2.57. The normalized spacial score (nSPS) is 17.1. The minimum absolute atomic E-state index is 0.0254. The zero-order valence-corrected chi connectivity index (χ0v) is 12.0. The molecule has 100 valence electrons. The number of anilines is 1. The first-order chi connectivity index (χ1) is 8.38. The van der Waals surface area contributed by atoms with Crippen molar-refractivity contribution in [3.8, 4) is 0 Å². The van der Waals surface area contributed by atoms with Gasteiger partial charge in [0.2, 0.25) is 5.91 Å². The quantitative estimate of drug-likeness (QED) is 0.863. The van der Waals surface area contributed by atoms with Crippen LogP contribution in [0.1, 0.15) is 19.5 Å². The highest BCUT2D eigenvalue weighted by Gasteiger charge is 2.30. The van der Waals surface area contributed by atoms with E-state index in [2.05, 4.69) is 15.3 Å². The fourth-order valence-electron chi connectivity index (χ4n) is 2.00. The first kappa shape index (κ1) is 13.3. The van der Waals surface area contributed by atoms with E-state index in [9.17, 15) is 4.79 Å².